The van der Waals surface area contributed by atoms with Gasteiger partial charge in [0.15, 0.2) is 0 Å². The molecule has 3 N–H and O–H groups in total. The minimum atomic E-state index is 0.155. The summed E-state index contributed by atoms with van der Waals surface area (Å²) in [4.78, 5) is 4.46. The minimum absolute atomic E-state index is 0.155. The van der Waals surface area contributed by atoms with E-state index in [4.69, 9.17) is 10.8 Å². The molecule has 5 heteroatoms. The van der Waals surface area contributed by atoms with E-state index >= 15 is 0 Å². The Hall–Kier alpha value is -1.04. The summed E-state index contributed by atoms with van der Waals surface area (Å²) < 4.78 is 1.99. The molecule has 0 aliphatic rings. The van der Waals surface area contributed by atoms with Gasteiger partial charge < -0.3 is 15.2 Å². The quantitative estimate of drug-likeness (QED) is 0.755. The molecule has 2 aromatic rings. The van der Waals surface area contributed by atoms with Crippen LogP contribution in [0.2, 0.25) is 0 Å². The van der Waals surface area contributed by atoms with Crippen molar-refractivity contribution < 1.29 is 5.11 Å². The zero-order valence-corrected chi connectivity index (χ0v) is 9.07. The monoisotopic (exact) mass is 223 g/mol. The number of pyridine rings is 1. The molecule has 0 saturated heterocycles. The molecule has 80 valence electrons. The number of nitrogens with zero attached hydrogens (tertiary/aromatic N) is 2. The van der Waals surface area contributed by atoms with Gasteiger partial charge in [0.25, 0.3) is 0 Å². The summed E-state index contributed by atoms with van der Waals surface area (Å²) in [6.45, 7) is 0.613. The highest BCUT2D eigenvalue weighted by atomic mass is 32.2. The van der Waals surface area contributed by atoms with Gasteiger partial charge in [-0.25, -0.2) is 4.98 Å². The third-order valence-electron chi connectivity index (χ3n) is 2.12. The first-order valence-electron chi connectivity index (χ1n) is 4.76. The Kier molecular flexibility index (Phi) is 3.25. The second kappa shape index (κ2) is 4.65. The molecule has 0 bridgehead atoms. The summed E-state index contributed by atoms with van der Waals surface area (Å²) in [5.74, 6) is 0.650. The van der Waals surface area contributed by atoms with Gasteiger partial charge >= 0.3 is 0 Å². The van der Waals surface area contributed by atoms with E-state index in [1.165, 1.54) is 11.8 Å². The van der Waals surface area contributed by atoms with Crippen LogP contribution in [-0.2, 0) is 6.54 Å². The van der Waals surface area contributed by atoms with Crippen LogP contribution in [0.15, 0.2) is 29.4 Å². The topological polar surface area (TPSA) is 63.5 Å². The van der Waals surface area contributed by atoms with E-state index in [-0.39, 0.29) is 6.61 Å². The first-order valence-corrected chi connectivity index (χ1v) is 5.75. The van der Waals surface area contributed by atoms with Crippen LogP contribution < -0.4 is 5.73 Å². The van der Waals surface area contributed by atoms with Crippen molar-refractivity contribution in [1.29, 1.82) is 0 Å². The van der Waals surface area contributed by atoms with Gasteiger partial charge in [0, 0.05) is 18.5 Å². The van der Waals surface area contributed by atoms with Gasteiger partial charge in [-0.2, -0.15) is 0 Å². The lowest BCUT2D eigenvalue weighted by molar-refractivity contribution is 0.322. The molecule has 0 aromatic carbocycles. The molecule has 0 aliphatic heterocycles. The SMILES string of the molecule is NCc1c(SCCO)nc2ccccn12. The van der Waals surface area contributed by atoms with Crippen LogP contribution in [-0.4, -0.2) is 26.9 Å². The summed E-state index contributed by atoms with van der Waals surface area (Å²) in [5.41, 5.74) is 7.60. The van der Waals surface area contributed by atoms with Crippen molar-refractivity contribution in [2.24, 2.45) is 5.73 Å². The first kappa shape index (κ1) is 10.5. The molecule has 4 nitrogen and oxygen atoms in total. The molecule has 0 unspecified atom stereocenters. The van der Waals surface area contributed by atoms with Crippen LogP contribution in [0.1, 0.15) is 5.69 Å². The molecule has 2 rings (SSSR count). The third-order valence-corrected chi connectivity index (χ3v) is 3.10. The highest BCUT2D eigenvalue weighted by molar-refractivity contribution is 7.99. The smallest absolute Gasteiger partial charge is 0.138 e. The number of hydrogen-bond donors (Lipinski definition) is 2. The van der Waals surface area contributed by atoms with Gasteiger partial charge in [-0.15, -0.1) is 11.8 Å². The van der Waals surface area contributed by atoms with E-state index in [2.05, 4.69) is 4.98 Å². The van der Waals surface area contributed by atoms with Crippen LogP contribution in [0.25, 0.3) is 5.65 Å². The highest BCUT2D eigenvalue weighted by Crippen LogP contribution is 2.22. The number of aliphatic hydroxyl groups excluding tert-OH is 1. The average molecular weight is 223 g/mol. The van der Waals surface area contributed by atoms with Crippen molar-refractivity contribution in [2.45, 2.75) is 11.6 Å². The van der Waals surface area contributed by atoms with E-state index in [9.17, 15) is 0 Å². The Morgan fingerprint density at radius 2 is 2.33 bits per heavy atom. The highest BCUT2D eigenvalue weighted by Gasteiger charge is 2.09. The lowest BCUT2D eigenvalue weighted by Gasteiger charge is -2.00. The van der Waals surface area contributed by atoms with Gasteiger partial charge in [0.05, 0.1) is 12.3 Å². The van der Waals surface area contributed by atoms with Crippen molar-refractivity contribution in [3.8, 4) is 0 Å². The molecule has 0 atom stereocenters. The number of nitrogens with two attached hydrogens (primary N) is 1. The Morgan fingerprint density at radius 1 is 1.47 bits per heavy atom. The number of rotatable bonds is 4. The zero-order valence-electron chi connectivity index (χ0n) is 8.26. The van der Waals surface area contributed by atoms with Crippen LogP contribution in [0.3, 0.4) is 0 Å². The summed E-state index contributed by atoms with van der Waals surface area (Å²) in [6.07, 6.45) is 1.95. The van der Waals surface area contributed by atoms with E-state index in [0.717, 1.165) is 16.4 Å². The first-order chi connectivity index (χ1) is 7.36. The maximum Gasteiger partial charge on any atom is 0.138 e. The molecule has 0 saturated carbocycles. The molecule has 2 aromatic heterocycles. The number of aliphatic hydroxyl groups is 1. The normalized spacial score (nSPS) is 11.1. The molecule has 0 spiro atoms. The third kappa shape index (κ3) is 1.99. The fourth-order valence-corrected chi connectivity index (χ4v) is 2.26. The lowest BCUT2D eigenvalue weighted by atomic mass is 10.4. The Morgan fingerprint density at radius 3 is 3.07 bits per heavy atom. The summed E-state index contributed by atoms with van der Waals surface area (Å²) in [6, 6.07) is 5.85. The molecular weight excluding hydrogens is 210 g/mol. The number of fused-ring (bicyclic) bond motifs is 1. The fourth-order valence-electron chi connectivity index (χ4n) is 1.47. The fraction of sp³-hybridized carbons (Fsp3) is 0.300. The van der Waals surface area contributed by atoms with Gasteiger partial charge in [0.2, 0.25) is 0 Å². The summed E-state index contributed by atoms with van der Waals surface area (Å²) in [5, 5.41) is 9.69. The van der Waals surface area contributed by atoms with Crippen LogP contribution >= 0.6 is 11.8 Å². The van der Waals surface area contributed by atoms with Crippen LogP contribution in [0.5, 0.6) is 0 Å². The lowest BCUT2D eigenvalue weighted by Crippen LogP contribution is -2.02. The van der Waals surface area contributed by atoms with Gasteiger partial charge in [-0.3, -0.25) is 0 Å². The van der Waals surface area contributed by atoms with Gasteiger partial charge in [-0.05, 0) is 12.1 Å². The van der Waals surface area contributed by atoms with Gasteiger partial charge in [-0.1, -0.05) is 6.07 Å². The number of thioether (sulfide) groups is 1. The van der Waals surface area contributed by atoms with Crippen molar-refractivity contribution in [3.63, 3.8) is 0 Å². The second-order valence-electron chi connectivity index (χ2n) is 3.07. The Bertz CT molecular complexity index is 455. The molecule has 0 radical (unpaired) electrons. The molecule has 0 fully saturated rings. The van der Waals surface area contributed by atoms with E-state index in [0.29, 0.717) is 12.3 Å². The maximum atomic E-state index is 8.78. The largest absolute Gasteiger partial charge is 0.396 e. The average Bonchev–Trinajstić information content (AvgIpc) is 2.63. The number of aromatic nitrogens is 2. The van der Waals surface area contributed by atoms with E-state index < -0.39 is 0 Å². The number of hydrogen-bond acceptors (Lipinski definition) is 4. The van der Waals surface area contributed by atoms with Gasteiger partial charge in [0.1, 0.15) is 10.7 Å². The van der Waals surface area contributed by atoms with Crippen molar-refractivity contribution in [3.05, 3.63) is 30.1 Å². The molecule has 0 aliphatic carbocycles. The number of imidazole rings is 1. The maximum absolute atomic E-state index is 8.78. The Labute approximate surface area is 92.1 Å². The minimum Gasteiger partial charge on any atom is -0.396 e. The molecule has 0 amide bonds. The standard InChI is InChI=1S/C10H13N3OS/c11-7-8-10(15-6-5-14)12-9-3-1-2-4-13(8)9/h1-4,14H,5-7,11H2. The van der Waals surface area contributed by atoms with Crippen molar-refractivity contribution in [2.75, 3.05) is 12.4 Å². The van der Waals surface area contributed by atoms with Crippen molar-refractivity contribution in [1.82, 2.24) is 9.38 Å². The Balaban J connectivity index is 2.44. The zero-order chi connectivity index (χ0) is 10.7. The molecule has 2 heterocycles. The van der Waals surface area contributed by atoms with E-state index in [1.807, 2.05) is 28.8 Å². The van der Waals surface area contributed by atoms with Crippen LogP contribution in [0, 0.1) is 0 Å². The molecular formula is C10H13N3OS. The summed E-state index contributed by atoms with van der Waals surface area (Å²) in [7, 11) is 0. The second-order valence-corrected chi connectivity index (χ2v) is 4.15. The van der Waals surface area contributed by atoms with Crippen molar-refractivity contribution >= 4 is 17.4 Å². The van der Waals surface area contributed by atoms with Crippen LogP contribution in [0.4, 0.5) is 0 Å². The van der Waals surface area contributed by atoms with E-state index in [1.54, 1.807) is 0 Å². The molecule has 15 heavy (non-hydrogen) atoms. The predicted octanol–water partition coefficient (Wildman–Crippen LogP) is 0.877. The summed E-state index contributed by atoms with van der Waals surface area (Å²) >= 11 is 1.54. The predicted molar refractivity (Wildman–Crippen MR) is 60.9 cm³/mol.